The molecule has 0 radical (unpaired) electrons. The van der Waals surface area contributed by atoms with E-state index in [1.54, 1.807) is 0 Å². The number of rotatable bonds is 2. The summed E-state index contributed by atoms with van der Waals surface area (Å²) in [5.74, 6) is 1.99. The Kier molecular flexibility index (Phi) is 2.46. The van der Waals surface area contributed by atoms with Crippen molar-refractivity contribution in [1.82, 2.24) is 15.6 Å². The second kappa shape index (κ2) is 3.94. The van der Waals surface area contributed by atoms with Gasteiger partial charge in [-0.15, -0.1) is 0 Å². The zero-order valence-corrected chi connectivity index (χ0v) is 8.83. The predicted molar refractivity (Wildman–Crippen MR) is 57.0 cm³/mol. The molecule has 82 valence electrons. The van der Waals surface area contributed by atoms with Crippen LogP contribution < -0.4 is 10.6 Å². The van der Waals surface area contributed by atoms with Crippen LogP contribution in [0.3, 0.4) is 0 Å². The van der Waals surface area contributed by atoms with Crippen molar-refractivity contribution >= 4 is 0 Å². The molecule has 15 heavy (non-hydrogen) atoms. The monoisotopic (exact) mass is 207 g/mol. The average molecular weight is 207 g/mol. The fourth-order valence-corrected chi connectivity index (χ4v) is 2.24. The molecule has 0 saturated carbocycles. The van der Waals surface area contributed by atoms with Crippen LogP contribution in [0, 0.1) is 0 Å². The van der Waals surface area contributed by atoms with Crippen LogP contribution in [0.15, 0.2) is 10.7 Å². The standard InChI is InChI=1S/C11H17N3O/c1-2-8(4-12-3-1)10-7-15-11(14-10)9-5-13-6-9/h7-9,12-13H,1-6H2. The van der Waals surface area contributed by atoms with Crippen molar-refractivity contribution in [3.05, 3.63) is 17.8 Å². The van der Waals surface area contributed by atoms with E-state index < -0.39 is 0 Å². The summed E-state index contributed by atoms with van der Waals surface area (Å²) in [6, 6.07) is 0. The van der Waals surface area contributed by atoms with Gasteiger partial charge in [0, 0.05) is 25.6 Å². The number of aromatic nitrogens is 1. The molecular formula is C11H17N3O. The molecule has 3 heterocycles. The molecule has 4 nitrogen and oxygen atoms in total. The van der Waals surface area contributed by atoms with Gasteiger partial charge in [0.1, 0.15) is 6.26 Å². The first kappa shape index (κ1) is 9.36. The van der Waals surface area contributed by atoms with E-state index in [2.05, 4.69) is 15.6 Å². The molecule has 0 aliphatic carbocycles. The van der Waals surface area contributed by atoms with Crippen LogP contribution in [0.1, 0.15) is 36.3 Å². The molecule has 2 N–H and O–H groups in total. The van der Waals surface area contributed by atoms with Crippen LogP contribution in [0.25, 0.3) is 0 Å². The van der Waals surface area contributed by atoms with E-state index in [1.165, 1.54) is 12.8 Å². The molecule has 3 rings (SSSR count). The first-order chi connectivity index (χ1) is 7.43. The highest BCUT2D eigenvalue weighted by atomic mass is 16.3. The lowest BCUT2D eigenvalue weighted by molar-refractivity contribution is 0.357. The fourth-order valence-electron chi connectivity index (χ4n) is 2.24. The number of nitrogens with zero attached hydrogens (tertiary/aromatic N) is 1. The maximum atomic E-state index is 5.54. The zero-order chi connectivity index (χ0) is 10.1. The number of piperidine rings is 1. The maximum absolute atomic E-state index is 5.54. The van der Waals surface area contributed by atoms with Crippen LogP contribution in [-0.2, 0) is 0 Å². The summed E-state index contributed by atoms with van der Waals surface area (Å²) in [6.45, 7) is 4.23. The Morgan fingerprint density at radius 2 is 2.07 bits per heavy atom. The average Bonchev–Trinajstić information content (AvgIpc) is 2.66. The third-order valence-corrected chi connectivity index (χ3v) is 3.39. The molecule has 2 aliphatic rings. The van der Waals surface area contributed by atoms with Gasteiger partial charge in [-0.3, -0.25) is 0 Å². The summed E-state index contributed by atoms with van der Waals surface area (Å²) < 4.78 is 5.54. The Bertz CT molecular complexity index is 326. The molecule has 1 atom stereocenters. The van der Waals surface area contributed by atoms with Crippen LogP contribution in [0.4, 0.5) is 0 Å². The van der Waals surface area contributed by atoms with Gasteiger partial charge in [-0.2, -0.15) is 0 Å². The van der Waals surface area contributed by atoms with Gasteiger partial charge in [0.25, 0.3) is 0 Å². The van der Waals surface area contributed by atoms with Gasteiger partial charge in [-0.1, -0.05) is 0 Å². The van der Waals surface area contributed by atoms with Gasteiger partial charge in [-0.25, -0.2) is 4.98 Å². The highest BCUT2D eigenvalue weighted by molar-refractivity contribution is 5.10. The zero-order valence-electron chi connectivity index (χ0n) is 8.83. The van der Waals surface area contributed by atoms with E-state index in [0.717, 1.165) is 37.8 Å². The van der Waals surface area contributed by atoms with E-state index in [9.17, 15) is 0 Å². The van der Waals surface area contributed by atoms with Crippen LogP contribution in [-0.4, -0.2) is 31.2 Å². The lowest BCUT2D eigenvalue weighted by Crippen LogP contribution is -2.40. The first-order valence-corrected chi connectivity index (χ1v) is 5.80. The molecule has 0 spiro atoms. The Labute approximate surface area is 89.5 Å². The van der Waals surface area contributed by atoms with Gasteiger partial charge in [0.05, 0.1) is 11.6 Å². The molecule has 1 unspecified atom stereocenters. The number of oxazole rings is 1. The van der Waals surface area contributed by atoms with E-state index >= 15 is 0 Å². The summed E-state index contributed by atoms with van der Waals surface area (Å²) in [5, 5.41) is 6.64. The molecule has 1 aromatic heterocycles. The van der Waals surface area contributed by atoms with E-state index in [-0.39, 0.29) is 0 Å². The summed E-state index contributed by atoms with van der Waals surface area (Å²) in [4.78, 5) is 4.61. The van der Waals surface area contributed by atoms with E-state index in [0.29, 0.717) is 11.8 Å². The second-order valence-electron chi connectivity index (χ2n) is 4.51. The minimum absolute atomic E-state index is 0.510. The fraction of sp³-hybridized carbons (Fsp3) is 0.727. The SMILES string of the molecule is c1oc(C2CNC2)nc1C1CCCNC1. The van der Waals surface area contributed by atoms with Crippen LogP contribution in [0.2, 0.25) is 0 Å². The highest BCUT2D eigenvalue weighted by Crippen LogP contribution is 2.25. The molecule has 0 bridgehead atoms. The Balaban J connectivity index is 1.71. The van der Waals surface area contributed by atoms with Crippen LogP contribution >= 0.6 is 0 Å². The summed E-state index contributed by atoms with van der Waals surface area (Å²) in [7, 11) is 0. The van der Waals surface area contributed by atoms with Crippen molar-refractivity contribution in [3.63, 3.8) is 0 Å². The molecule has 4 heteroatoms. The van der Waals surface area contributed by atoms with E-state index in [4.69, 9.17) is 4.42 Å². The van der Waals surface area contributed by atoms with Gasteiger partial charge in [0.15, 0.2) is 5.89 Å². The van der Waals surface area contributed by atoms with Crippen molar-refractivity contribution in [2.45, 2.75) is 24.7 Å². The Morgan fingerprint density at radius 1 is 1.20 bits per heavy atom. The molecule has 1 aromatic rings. The van der Waals surface area contributed by atoms with Crippen molar-refractivity contribution < 1.29 is 4.42 Å². The molecule has 2 fully saturated rings. The number of nitrogens with one attached hydrogen (secondary N) is 2. The van der Waals surface area contributed by atoms with Crippen molar-refractivity contribution in [1.29, 1.82) is 0 Å². The molecular weight excluding hydrogens is 190 g/mol. The lowest BCUT2D eigenvalue weighted by atomic mass is 9.97. The van der Waals surface area contributed by atoms with Gasteiger partial charge < -0.3 is 15.1 Å². The number of hydrogen-bond acceptors (Lipinski definition) is 4. The van der Waals surface area contributed by atoms with Gasteiger partial charge in [0.2, 0.25) is 0 Å². The Morgan fingerprint density at radius 3 is 2.73 bits per heavy atom. The summed E-state index contributed by atoms with van der Waals surface area (Å²) >= 11 is 0. The maximum Gasteiger partial charge on any atom is 0.199 e. The summed E-state index contributed by atoms with van der Waals surface area (Å²) in [5.41, 5.74) is 1.14. The number of hydrogen-bond donors (Lipinski definition) is 2. The molecule has 0 aromatic carbocycles. The topological polar surface area (TPSA) is 50.1 Å². The predicted octanol–water partition coefficient (Wildman–Crippen LogP) is 0.828. The molecule has 0 amide bonds. The van der Waals surface area contributed by atoms with E-state index in [1.807, 2.05) is 6.26 Å². The largest absolute Gasteiger partial charge is 0.448 e. The minimum Gasteiger partial charge on any atom is -0.448 e. The quantitative estimate of drug-likeness (QED) is 0.754. The minimum atomic E-state index is 0.510. The highest BCUT2D eigenvalue weighted by Gasteiger charge is 2.26. The van der Waals surface area contributed by atoms with Crippen molar-refractivity contribution in [3.8, 4) is 0 Å². The molecule has 2 aliphatic heterocycles. The Hall–Kier alpha value is -0.870. The first-order valence-electron chi connectivity index (χ1n) is 5.80. The van der Waals surface area contributed by atoms with Gasteiger partial charge >= 0.3 is 0 Å². The molecule has 2 saturated heterocycles. The normalized spacial score (nSPS) is 27.6. The second-order valence-corrected chi connectivity index (χ2v) is 4.51. The third kappa shape index (κ3) is 1.79. The third-order valence-electron chi connectivity index (χ3n) is 3.39. The smallest absolute Gasteiger partial charge is 0.199 e. The lowest BCUT2D eigenvalue weighted by Gasteiger charge is -2.24. The summed E-state index contributed by atoms with van der Waals surface area (Å²) in [6.07, 6.45) is 4.34. The van der Waals surface area contributed by atoms with Crippen molar-refractivity contribution in [2.75, 3.05) is 26.2 Å². The van der Waals surface area contributed by atoms with Crippen LogP contribution in [0.5, 0.6) is 0 Å². The van der Waals surface area contributed by atoms with Gasteiger partial charge in [-0.05, 0) is 19.4 Å². The van der Waals surface area contributed by atoms with Crippen molar-refractivity contribution in [2.24, 2.45) is 0 Å².